The minimum absolute atomic E-state index is 0.265. The van der Waals surface area contributed by atoms with Crippen molar-refractivity contribution in [3.8, 4) is 22.5 Å². The molecule has 5 rings (SSSR count). The Morgan fingerprint density at radius 3 is 2.62 bits per heavy atom. The minimum atomic E-state index is -0.990. The summed E-state index contributed by atoms with van der Waals surface area (Å²) in [6, 6.07) is 7.86. The maximum atomic E-state index is 14.0. The molecule has 2 aromatic carbocycles. The maximum absolute atomic E-state index is 14.0. The van der Waals surface area contributed by atoms with Crippen LogP contribution in [0, 0.1) is 17.5 Å². The highest BCUT2D eigenvalue weighted by Crippen LogP contribution is 2.39. The first kappa shape index (κ1) is 20.5. The van der Waals surface area contributed by atoms with E-state index in [2.05, 4.69) is 15.0 Å². The van der Waals surface area contributed by atoms with Gasteiger partial charge in [-0.3, -0.25) is 4.98 Å². The SMILES string of the molecule is N[C@@H]1CCN(c2c(-c3cccc(F)c3)cncc2-c2nc3cc(F)c(F)cc3[nH]2)C[C@@H]1O. The molecular formula is C23H20F3N5O. The Morgan fingerprint density at radius 2 is 1.84 bits per heavy atom. The van der Waals surface area contributed by atoms with Crippen molar-refractivity contribution in [3.05, 3.63) is 66.2 Å². The molecule has 3 heterocycles. The molecule has 1 fully saturated rings. The summed E-state index contributed by atoms with van der Waals surface area (Å²) in [4.78, 5) is 13.7. The number of rotatable bonds is 3. The summed E-state index contributed by atoms with van der Waals surface area (Å²) in [7, 11) is 0. The predicted octanol–water partition coefficient (Wildman–Crippen LogP) is 3.61. The number of nitrogens with zero attached hydrogens (tertiary/aromatic N) is 3. The third-order valence-electron chi connectivity index (χ3n) is 5.78. The molecular weight excluding hydrogens is 419 g/mol. The lowest BCUT2D eigenvalue weighted by Gasteiger charge is -2.37. The second kappa shape index (κ2) is 7.92. The Labute approximate surface area is 181 Å². The number of H-pyrrole nitrogens is 1. The van der Waals surface area contributed by atoms with E-state index in [0.29, 0.717) is 46.7 Å². The molecule has 1 aliphatic rings. The number of fused-ring (bicyclic) bond motifs is 1. The standard InChI is InChI=1S/C23H20F3N5O/c24-13-3-1-2-12(6-13)14-9-28-10-15(22(14)31-5-4-18(27)21(32)11-31)23-29-19-7-16(25)17(26)8-20(19)30-23/h1-3,6-10,18,21,32H,4-5,11,27H2,(H,29,30)/t18-,21+/m1/s1. The van der Waals surface area contributed by atoms with Gasteiger partial charge in [-0.15, -0.1) is 0 Å². The summed E-state index contributed by atoms with van der Waals surface area (Å²) in [6.07, 6.45) is 3.02. The first-order valence-corrected chi connectivity index (χ1v) is 10.2. The average Bonchev–Trinajstić information content (AvgIpc) is 3.18. The van der Waals surface area contributed by atoms with Crippen molar-refractivity contribution in [1.82, 2.24) is 15.0 Å². The largest absolute Gasteiger partial charge is 0.390 e. The van der Waals surface area contributed by atoms with E-state index in [1.54, 1.807) is 24.5 Å². The van der Waals surface area contributed by atoms with Crippen LogP contribution in [-0.4, -0.2) is 45.3 Å². The number of nitrogens with one attached hydrogen (secondary N) is 1. The van der Waals surface area contributed by atoms with Crippen molar-refractivity contribution in [2.75, 3.05) is 18.0 Å². The van der Waals surface area contributed by atoms with Gasteiger partial charge in [0, 0.05) is 49.2 Å². The fraction of sp³-hybridized carbons (Fsp3) is 0.217. The van der Waals surface area contributed by atoms with Crippen LogP contribution in [0.3, 0.4) is 0 Å². The molecule has 4 N–H and O–H groups in total. The molecule has 9 heteroatoms. The zero-order chi connectivity index (χ0) is 22.4. The molecule has 0 amide bonds. The topological polar surface area (TPSA) is 91.1 Å². The highest BCUT2D eigenvalue weighted by molar-refractivity contribution is 5.91. The summed E-state index contributed by atoms with van der Waals surface area (Å²) >= 11 is 0. The van der Waals surface area contributed by atoms with Crippen LogP contribution in [-0.2, 0) is 0 Å². The quantitative estimate of drug-likeness (QED) is 0.454. The number of hydrogen-bond donors (Lipinski definition) is 3. The first-order valence-electron chi connectivity index (χ1n) is 10.2. The van der Waals surface area contributed by atoms with E-state index in [9.17, 15) is 18.3 Å². The molecule has 0 unspecified atom stereocenters. The molecule has 0 radical (unpaired) electrons. The molecule has 2 atom stereocenters. The molecule has 0 aliphatic carbocycles. The van der Waals surface area contributed by atoms with E-state index in [1.807, 2.05) is 4.90 Å². The number of pyridine rings is 1. The van der Waals surface area contributed by atoms with E-state index < -0.39 is 23.6 Å². The molecule has 6 nitrogen and oxygen atoms in total. The molecule has 0 saturated carbocycles. The zero-order valence-corrected chi connectivity index (χ0v) is 16.9. The molecule has 0 bridgehead atoms. The van der Waals surface area contributed by atoms with Gasteiger partial charge >= 0.3 is 0 Å². The van der Waals surface area contributed by atoms with Crippen molar-refractivity contribution in [3.63, 3.8) is 0 Å². The number of piperidine rings is 1. The Morgan fingerprint density at radius 1 is 1.06 bits per heavy atom. The van der Waals surface area contributed by atoms with Crippen LogP contribution in [0.4, 0.5) is 18.9 Å². The lowest BCUT2D eigenvalue weighted by Crippen LogP contribution is -2.50. The normalized spacial score (nSPS) is 19.0. The number of aliphatic hydroxyl groups excluding tert-OH is 1. The Balaban J connectivity index is 1.71. The average molecular weight is 439 g/mol. The van der Waals surface area contributed by atoms with Gasteiger partial charge in [0.1, 0.15) is 11.6 Å². The van der Waals surface area contributed by atoms with E-state index in [-0.39, 0.29) is 18.1 Å². The van der Waals surface area contributed by atoms with E-state index in [4.69, 9.17) is 5.73 Å². The number of anilines is 1. The monoisotopic (exact) mass is 439 g/mol. The second-order valence-corrected chi connectivity index (χ2v) is 7.93. The maximum Gasteiger partial charge on any atom is 0.161 e. The number of aromatic nitrogens is 3. The van der Waals surface area contributed by atoms with Gasteiger partial charge in [0.2, 0.25) is 0 Å². The first-order chi connectivity index (χ1) is 15.4. The van der Waals surface area contributed by atoms with E-state index in [0.717, 1.165) is 12.1 Å². The fourth-order valence-electron chi connectivity index (χ4n) is 4.12. The van der Waals surface area contributed by atoms with Crippen molar-refractivity contribution in [2.24, 2.45) is 5.73 Å². The Bertz CT molecular complexity index is 1270. The molecule has 32 heavy (non-hydrogen) atoms. The molecule has 164 valence electrons. The van der Waals surface area contributed by atoms with Crippen LogP contribution >= 0.6 is 0 Å². The Hall–Kier alpha value is -3.43. The lowest BCUT2D eigenvalue weighted by atomic mass is 9.97. The fourth-order valence-corrected chi connectivity index (χ4v) is 4.12. The van der Waals surface area contributed by atoms with Gasteiger partial charge in [-0.25, -0.2) is 18.2 Å². The lowest BCUT2D eigenvalue weighted by molar-refractivity contribution is 0.132. The molecule has 2 aromatic heterocycles. The van der Waals surface area contributed by atoms with Crippen molar-refractivity contribution in [2.45, 2.75) is 18.6 Å². The number of nitrogens with two attached hydrogens (primary N) is 1. The van der Waals surface area contributed by atoms with E-state index >= 15 is 0 Å². The smallest absolute Gasteiger partial charge is 0.161 e. The van der Waals surface area contributed by atoms with Crippen molar-refractivity contribution in [1.29, 1.82) is 0 Å². The van der Waals surface area contributed by atoms with Crippen molar-refractivity contribution >= 4 is 16.7 Å². The van der Waals surface area contributed by atoms with Gasteiger partial charge in [-0.2, -0.15) is 0 Å². The third-order valence-corrected chi connectivity index (χ3v) is 5.78. The number of hydrogen-bond acceptors (Lipinski definition) is 5. The van der Waals surface area contributed by atoms with Gasteiger partial charge in [-0.1, -0.05) is 12.1 Å². The van der Waals surface area contributed by atoms with Gasteiger partial charge in [0.25, 0.3) is 0 Å². The number of imidazole rings is 1. The predicted molar refractivity (Wildman–Crippen MR) is 115 cm³/mol. The van der Waals surface area contributed by atoms with Gasteiger partial charge in [0.05, 0.1) is 28.4 Å². The van der Waals surface area contributed by atoms with Crippen molar-refractivity contribution < 1.29 is 18.3 Å². The Kier molecular flexibility index (Phi) is 5.07. The van der Waals surface area contributed by atoms with E-state index in [1.165, 1.54) is 12.1 Å². The molecule has 1 saturated heterocycles. The molecule has 4 aromatic rings. The number of halogens is 3. The molecule has 1 aliphatic heterocycles. The van der Waals surface area contributed by atoms with Crippen LogP contribution in [0.15, 0.2) is 48.8 Å². The summed E-state index contributed by atoms with van der Waals surface area (Å²) in [5.41, 5.74) is 9.07. The minimum Gasteiger partial charge on any atom is -0.390 e. The summed E-state index contributed by atoms with van der Waals surface area (Å²) < 4.78 is 41.4. The van der Waals surface area contributed by atoms with Gasteiger partial charge in [-0.05, 0) is 24.1 Å². The number of aliphatic hydroxyl groups is 1. The van der Waals surface area contributed by atoms with Crippen LogP contribution in [0.25, 0.3) is 33.5 Å². The number of aromatic amines is 1. The highest BCUT2D eigenvalue weighted by atomic mass is 19.2. The summed E-state index contributed by atoms with van der Waals surface area (Å²) in [6.45, 7) is 0.824. The van der Waals surface area contributed by atoms with Crippen LogP contribution in [0.2, 0.25) is 0 Å². The van der Waals surface area contributed by atoms with Crippen LogP contribution in [0.5, 0.6) is 0 Å². The second-order valence-electron chi connectivity index (χ2n) is 7.93. The van der Waals surface area contributed by atoms with Gasteiger partial charge < -0.3 is 20.7 Å². The number of benzene rings is 2. The zero-order valence-electron chi connectivity index (χ0n) is 16.9. The van der Waals surface area contributed by atoms with Gasteiger partial charge in [0.15, 0.2) is 11.6 Å². The number of β-amino-alcohol motifs (C(OH)–C–C–N with tert-alkyl or cyclic N) is 1. The highest BCUT2D eigenvalue weighted by Gasteiger charge is 2.29. The summed E-state index contributed by atoms with van der Waals surface area (Å²) in [5, 5.41) is 10.4. The van der Waals surface area contributed by atoms with Crippen LogP contribution in [0.1, 0.15) is 6.42 Å². The third kappa shape index (κ3) is 3.59. The van der Waals surface area contributed by atoms with Crippen LogP contribution < -0.4 is 10.6 Å². The summed E-state index contributed by atoms with van der Waals surface area (Å²) in [5.74, 6) is -2.01. The molecule has 0 spiro atoms.